The molecule has 0 aromatic heterocycles. The van der Waals surface area contributed by atoms with Crippen molar-refractivity contribution in [2.45, 2.75) is 51.5 Å². The molecule has 2 amide bonds. The number of rotatable bonds is 5. The van der Waals surface area contributed by atoms with E-state index >= 15 is 0 Å². The molecule has 0 heterocycles. The normalized spacial score (nSPS) is 18.4. The molecule has 104 valence electrons. The van der Waals surface area contributed by atoms with Crippen molar-refractivity contribution in [1.29, 1.82) is 0 Å². The third-order valence-corrected chi connectivity index (χ3v) is 3.31. The van der Waals surface area contributed by atoms with Crippen LogP contribution in [0.2, 0.25) is 0 Å². The summed E-state index contributed by atoms with van der Waals surface area (Å²) in [6, 6.07) is 0. The van der Waals surface area contributed by atoms with Crippen LogP contribution in [0.3, 0.4) is 0 Å². The predicted molar refractivity (Wildman–Crippen MR) is 70.9 cm³/mol. The molecule has 0 unspecified atom stereocenters. The van der Waals surface area contributed by atoms with Crippen molar-refractivity contribution in [2.75, 3.05) is 13.1 Å². The first-order chi connectivity index (χ1) is 8.44. The summed E-state index contributed by atoms with van der Waals surface area (Å²) in [5.74, 6) is 0.0576. The zero-order valence-corrected chi connectivity index (χ0v) is 11.4. The summed E-state index contributed by atoms with van der Waals surface area (Å²) in [5.41, 5.74) is 5.30. The Balaban J connectivity index is 2.29. The van der Waals surface area contributed by atoms with Crippen LogP contribution in [0, 0.1) is 5.92 Å². The van der Waals surface area contributed by atoms with Gasteiger partial charge in [-0.2, -0.15) is 0 Å². The van der Waals surface area contributed by atoms with E-state index in [0.29, 0.717) is 25.3 Å². The molecule has 1 rings (SSSR count). The summed E-state index contributed by atoms with van der Waals surface area (Å²) in [6.07, 6.45) is 4.55. The topological polar surface area (TPSA) is 84.2 Å². The number of carbonyl (C=O) groups is 2. The third-order valence-electron chi connectivity index (χ3n) is 3.31. The molecule has 0 atom stereocenters. The van der Waals surface area contributed by atoms with Gasteiger partial charge in [0.2, 0.25) is 11.8 Å². The van der Waals surface area contributed by atoms with E-state index in [1.165, 1.54) is 0 Å². The lowest BCUT2D eigenvalue weighted by molar-refractivity contribution is -0.130. The summed E-state index contributed by atoms with van der Waals surface area (Å²) in [7, 11) is 0. The quantitative estimate of drug-likeness (QED) is 0.670. The van der Waals surface area contributed by atoms with E-state index in [1.807, 2.05) is 13.8 Å². The van der Waals surface area contributed by atoms with Crippen molar-refractivity contribution in [3.05, 3.63) is 0 Å². The van der Waals surface area contributed by atoms with E-state index in [0.717, 1.165) is 19.3 Å². The molecule has 0 bridgehead atoms. The molecule has 1 aliphatic rings. The molecular formula is C13H25N3O2. The van der Waals surface area contributed by atoms with Gasteiger partial charge in [-0.3, -0.25) is 9.59 Å². The summed E-state index contributed by atoms with van der Waals surface area (Å²) in [6.45, 7) is 4.69. The average molecular weight is 255 g/mol. The minimum absolute atomic E-state index is 0.0184. The summed E-state index contributed by atoms with van der Waals surface area (Å²) in [4.78, 5) is 23.4. The first-order valence-electron chi connectivity index (χ1n) is 6.78. The summed E-state index contributed by atoms with van der Waals surface area (Å²) in [5, 5.41) is 5.40. The Bertz CT molecular complexity index is 297. The number of hydrogen-bond donors (Lipinski definition) is 3. The maximum atomic E-state index is 11.9. The van der Waals surface area contributed by atoms with Crippen LogP contribution in [0.25, 0.3) is 0 Å². The van der Waals surface area contributed by atoms with Gasteiger partial charge in [-0.25, -0.2) is 0 Å². The lowest BCUT2D eigenvalue weighted by Crippen LogP contribution is -2.56. The van der Waals surface area contributed by atoms with E-state index in [9.17, 15) is 9.59 Å². The highest BCUT2D eigenvalue weighted by atomic mass is 16.2. The third kappa shape index (κ3) is 4.64. The molecule has 5 heteroatoms. The van der Waals surface area contributed by atoms with Crippen molar-refractivity contribution < 1.29 is 9.59 Å². The summed E-state index contributed by atoms with van der Waals surface area (Å²) < 4.78 is 0. The van der Waals surface area contributed by atoms with Crippen LogP contribution in [0.5, 0.6) is 0 Å². The minimum atomic E-state index is -0.767. The molecule has 18 heavy (non-hydrogen) atoms. The van der Waals surface area contributed by atoms with Gasteiger partial charge >= 0.3 is 0 Å². The van der Waals surface area contributed by atoms with Crippen LogP contribution in [-0.2, 0) is 9.59 Å². The highest BCUT2D eigenvalue weighted by Crippen LogP contribution is 2.25. The Hall–Kier alpha value is -1.10. The fourth-order valence-corrected chi connectivity index (χ4v) is 2.13. The van der Waals surface area contributed by atoms with Crippen LogP contribution in [-0.4, -0.2) is 30.4 Å². The highest BCUT2D eigenvalue weighted by Gasteiger charge is 2.35. The standard InChI is InChI=1S/C13H25N3O2/c1-10(2)8-15-11(17)9-16-12(18)13(14)6-4-3-5-7-13/h10H,3-9,14H2,1-2H3,(H,15,17)(H,16,18). The van der Waals surface area contributed by atoms with E-state index < -0.39 is 5.54 Å². The zero-order valence-electron chi connectivity index (χ0n) is 11.4. The smallest absolute Gasteiger partial charge is 0.240 e. The lowest BCUT2D eigenvalue weighted by Gasteiger charge is -2.31. The molecule has 0 aromatic carbocycles. The first kappa shape index (κ1) is 15.0. The second-order valence-electron chi connectivity index (χ2n) is 5.60. The fourth-order valence-electron chi connectivity index (χ4n) is 2.13. The average Bonchev–Trinajstić information content (AvgIpc) is 2.34. The largest absolute Gasteiger partial charge is 0.354 e. The molecule has 0 aromatic rings. The second kappa shape index (κ2) is 6.73. The molecular weight excluding hydrogens is 230 g/mol. The Morgan fingerprint density at radius 3 is 2.33 bits per heavy atom. The van der Waals surface area contributed by atoms with Crippen LogP contribution in [0.4, 0.5) is 0 Å². The van der Waals surface area contributed by atoms with Crippen LogP contribution in [0.15, 0.2) is 0 Å². The molecule has 0 radical (unpaired) electrons. The molecule has 5 nitrogen and oxygen atoms in total. The van der Waals surface area contributed by atoms with Gasteiger partial charge in [0, 0.05) is 6.54 Å². The number of nitrogens with one attached hydrogen (secondary N) is 2. The molecule has 0 aliphatic heterocycles. The first-order valence-corrected chi connectivity index (χ1v) is 6.78. The van der Waals surface area contributed by atoms with Gasteiger partial charge in [0.15, 0.2) is 0 Å². The van der Waals surface area contributed by atoms with Gasteiger partial charge in [0.05, 0.1) is 12.1 Å². The molecule has 0 saturated heterocycles. The van der Waals surface area contributed by atoms with Gasteiger partial charge in [-0.15, -0.1) is 0 Å². The second-order valence-corrected chi connectivity index (χ2v) is 5.60. The zero-order chi connectivity index (χ0) is 13.6. The van der Waals surface area contributed by atoms with Gasteiger partial charge in [0.1, 0.15) is 0 Å². The number of carbonyl (C=O) groups excluding carboxylic acids is 2. The molecule has 1 aliphatic carbocycles. The molecule has 1 saturated carbocycles. The van der Waals surface area contributed by atoms with Crippen LogP contribution >= 0.6 is 0 Å². The van der Waals surface area contributed by atoms with Gasteiger partial charge in [-0.1, -0.05) is 33.1 Å². The molecule has 0 spiro atoms. The maximum Gasteiger partial charge on any atom is 0.240 e. The SMILES string of the molecule is CC(C)CNC(=O)CNC(=O)C1(N)CCCCC1. The number of amides is 2. The minimum Gasteiger partial charge on any atom is -0.354 e. The Morgan fingerprint density at radius 2 is 1.78 bits per heavy atom. The monoisotopic (exact) mass is 255 g/mol. The van der Waals surface area contributed by atoms with Crippen molar-refractivity contribution in [1.82, 2.24) is 10.6 Å². The lowest BCUT2D eigenvalue weighted by atomic mass is 9.82. The van der Waals surface area contributed by atoms with Gasteiger partial charge < -0.3 is 16.4 Å². The fraction of sp³-hybridized carbons (Fsp3) is 0.846. The van der Waals surface area contributed by atoms with Crippen molar-refractivity contribution >= 4 is 11.8 Å². The van der Waals surface area contributed by atoms with Crippen LogP contribution < -0.4 is 16.4 Å². The number of hydrogen-bond acceptors (Lipinski definition) is 3. The van der Waals surface area contributed by atoms with Gasteiger partial charge in [0.25, 0.3) is 0 Å². The Morgan fingerprint density at radius 1 is 1.17 bits per heavy atom. The van der Waals surface area contributed by atoms with Crippen molar-refractivity contribution in [3.63, 3.8) is 0 Å². The van der Waals surface area contributed by atoms with E-state index in [1.54, 1.807) is 0 Å². The van der Waals surface area contributed by atoms with E-state index in [2.05, 4.69) is 10.6 Å². The Labute approximate surface area is 109 Å². The Kier molecular flexibility index (Phi) is 5.59. The summed E-state index contributed by atoms with van der Waals surface area (Å²) >= 11 is 0. The van der Waals surface area contributed by atoms with Gasteiger partial charge in [-0.05, 0) is 18.8 Å². The number of nitrogens with two attached hydrogens (primary N) is 1. The predicted octanol–water partition coefficient (Wildman–Crippen LogP) is 0.536. The van der Waals surface area contributed by atoms with Crippen molar-refractivity contribution in [3.8, 4) is 0 Å². The highest BCUT2D eigenvalue weighted by molar-refractivity contribution is 5.90. The maximum absolute atomic E-state index is 11.9. The van der Waals surface area contributed by atoms with Crippen LogP contribution in [0.1, 0.15) is 46.0 Å². The van der Waals surface area contributed by atoms with E-state index in [4.69, 9.17) is 5.73 Å². The van der Waals surface area contributed by atoms with E-state index in [-0.39, 0.29) is 18.4 Å². The molecule has 4 N–H and O–H groups in total. The molecule has 1 fully saturated rings. The van der Waals surface area contributed by atoms with Crippen molar-refractivity contribution in [2.24, 2.45) is 11.7 Å².